The Kier molecular flexibility index (Phi) is 4.59. The van der Waals surface area contributed by atoms with E-state index in [0.29, 0.717) is 22.5 Å². The molecule has 0 bridgehead atoms. The van der Waals surface area contributed by atoms with Gasteiger partial charge in [-0.25, -0.2) is 18.5 Å². The highest BCUT2D eigenvalue weighted by Gasteiger charge is 2.30. The fraction of sp³-hybridized carbons (Fsp3) is 0.200. The molecule has 0 unspecified atom stereocenters. The highest BCUT2D eigenvalue weighted by atomic mass is 32.2. The van der Waals surface area contributed by atoms with Crippen LogP contribution >= 0.6 is 0 Å². The SMILES string of the molecule is NS(=O)(=O)CCNc1cc(-c2cn[nH]c2)nc2ccc(C(F)(F)F)cc12. The van der Waals surface area contributed by atoms with Gasteiger partial charge in [0.25, 0.3) is 0 Å². The number of hydrogen-bond acceptors (Lipinski definition) is 5. The number of anilines is 1. The maximum absolute atomic E-state index is 13.0. The van der Waals surface area contributed by atoms with E-state index in [1.165, 1.54) is 18.3 Å². The predicted molar refractivity (Wildman–Crippen MR) is 90.8 cm³/mol. The molecular formula is C15H14F3N5O2S. The Hall–Kier alpha value is -2.66. The van der Waals surface area contributed by atoms with Gasteiger partial charge < -0.3 is 5.32 Å². The number of nitrogens with one attached hydrogen (secondary N) is 2. The van der Waals surface area contributed by atoms with Gasteiger partial charge in [0, 0.05) is 29.4 Å². The van der Waals surface area contributed by atoms with Crippen molar-refractivity contribution in [2.45, 2.75) is 6.18 Å². The van der Waals surface area contributed by atoms with E-state index in [1.807, 2.05) is 0 Å². The number of pyridine rings is 1. The van der Waals surface area contributed by atoms with Crippen molar-refractivity contribution in [1.29, 1.82) is 0 Å². The molecule has 26 heavy (non-hydrogen) atoms. The number of aromatic amines is 1. The molecule has 2 aromatic heterocycles. The third-order valence-electron chi connectivity index (χ3n) is 3.63. The van der Waals surface area contributed by atoms with Crippen LogP contribution < -0.4 is 10.5 Å². The zero-order valence-electron chi connectivity index (χ0n) is 13.2. The van der Waals surface area contributed by atoms with E-state index in [4.69, 9.17) is 5.14 Å². The number of primary sulfonamides is 1. The molecule has 0 aliphatic rings. The molecule has 0 fully saturated rings. The van der Waals surface area contributed by atoms with Crippen LogP contribution in [0.15, 0.2) is 36.7 Å². The lowest BCUT2D eigenvalue weighted by Crippen LogP contribution is -2.22. The van der Waals surface area contributed by atoms with Crippen molar-refractivity contribution >= 4 is 26.6 Å². The van der Waals surface area contributed by atoms with Crippen LogP contribution in [-0.4, -0.2) is 35.9 Å². The Bertz CT molecular complexity index is 1030. The van der Waals surface area contributed by atoms with Gasteiger partial charge in [0.2, 0.25) is 10.0 Å². The minimum Gasteiger partial charge on any atom is -0.383 e. The second-order valence-corrected chi connectivity index (χ2v) is 7.30. The van der Waals surface area contributed by atoms with Crippen molar-refractivity contribution in [3.05, 3.63) is 42.2 Å². The van der Waals surface area contributed by atoms with Crippen LogP contribution in [0.3, 0.4) is 0 Å². The molecule has 0 radical (unpaired) electrons. The number of hydrogen-bond donors (Lipinski definition) is 3. The number of sulfonamides is 1. The molecule has 3 rings (SSSR count). The maximum Gasteiger partial charge on any atom is 0.416 e. The second-order valence-electron chi connectivity index (χ2n) is 5.57. The number of benzene rings is 1. The molecule has 2 heterocycles. The average Bonchev–Trinajstić information content (AvgIpc) is 3.06. The maximum atomic E-state index is 13.0. The minimum atomic E-state index is -4.50. The van der Waals surface area contributed by atoms with E-state index in [-0.39, 0.29) is 17.7 Å². The first kappa shape index (κ1) is 18.1. The summed E-state index contributed by atoms with van der Waals surface area (Å²) < 4.78 is 61.2. The summed E-state index contributed by atoms with van der Waals surface area (Å²) >= 11 is 0. The zero-order chi connectivity index (χ0) is 18.9. The molecule has 1 aromatic carbocycles. The number of nitrogens with two attached hydrogens (primary N) is 1. The molecule has 7 nitrogen and oxygen atoms in total. The van der Waals surface area contributed by atoms with Crippen molar-refractivity contribution in [2.24, 2.45) is 5.14 Å². The first-order valence-corrected chi connectivity index (χ1v) is 9.10. The Morgan fingerprint density at radius 3 is 2.62 bits per heavy atom. The Balaban J connectivity index is 2.09. The van der Waals surface area contributed by atoms with E-state index in [0.717, 1.165) is 12.1 Å². The van der Waals surface area contributed by atoms with Gasteiger partial charge in [-0.05, 0) is 24.3 Å². The third kappa shape index (κ3) is 4.11. The van der Waals surface area contributed by atoms with Crippen LogP contribution in [0.1, 0.15) is 5.56 Å². The standard InChI is InChI=1S/C15H14F3N5O2S/c16-15(17,18)10-1-2-12-11(5-10)14(20-3-4-26(19,24)25)6-13(23-12)9-7-21-22-8-9/h1-2,5-8H,3-4H2,(H,20,23)(H,21,22)(H2,19,24,25). The second kappa shape index (κ2) is 6.57. The largest absolute Gasteiger partial charge is 0.416 e. The van der Waals surface area contributed by atoms with Crippen LogP contribution in [0, 0.1) is 0 Å². The van der Waals surface area contributed by atoms with Crippen molar-refractivity contribution in [3.8, 4) is 11.3 Å². The lowest BCUT2D eigenvalue weighted by molar-refractivity contribution is -0.137. The van der Waals surface area contributed by atoms with Crippen LogP contribution in [0.4, 0.5) is 18.9 Å². The summed E-state index contributed by atoms with van der Waals surface area (Å²) in [6.07, 6.45) is -1.39. The smallest absolute Gasteiger partial charge is 0.383 e. The van der Waals surface area contributed by atoms with Gasteiger partial charge >= 0.3 is 6.18 Å². The van der Waals surface area contributed by atoms with Crippen molar-refractivity contribution in [1.82, 2.24) is 15.2 Å². The van der Waals surface area contributed by atoms with Crippen molar-refractivity contribution in [3.63, 3.8) is 0 Å². The predicted octanol–water partition coefficient (Wildman–Crippen LogP) is 2.34. The third-order valence-corrected chi connectivity index (χ3v) is 4.41. The molecule has 0 saturated carbocycles. The number of H-pyrrole nitrogens is 1. The van der Waals surface area contributed by atoms with Crippen molar-refractivity contribution in [2.75, 3.05) is 17.6 Å². The Labute approximate surface area is 146 Å². The summed E-state index contributed by atoms with van der Waals surface area (Å²) in [4.78, 5) is 4.35. The summed E-state index contributed by atoms with van der Waals surface area (Å²) in [6.45, 7) is -0.0565. The highest BCUT2D eigenvalue weighted by Crippen LogP contribution is 2.34. The fourth-order valence-electron chi connectivity index (χ4n) is 2.42. The van der Waals surface area contributed by atoms with E-state index in [1.54, 1.807) is 6.20 Å². The van der Waals surface area contributed by atoms with Gasteiger partial charge in [0.1, 0.15) is 0 Å². The summed E-state index contributed by atoms with van der Waals surface area (Å²) in [7, 11) is -3.71. The van der Waals surface area contributed by atoms with Gasteiger partial charge in [0.05, 0.1) is 28.7 Å². The Morgan fingerprint density at radius 2 is 2.00 bits per heavy atom. The lowest BCUT2D eigenvalue weighted by Gasteiger charge is -2.13. The highest BCUT2D eigenvalue weighted by molar-refractivity contribution is 7.89. The summed E-state index contributed by atoms with van der Waals surface area (Å²) in [5, 5.41) is 14.5. The molecular weight excluding hydrogens is 371 g/mol. The normalized spacial score (nSPS) is 12.5. The quantitative estimate of drug-likeness (QED) is 0.624. The first-order chi connectivity index (χ1) is 12.1. The van der Waals surface area contributed by atoms with Crippen LogP contribution in [0.25, 0.3) is 22.2 Å². The van der Waals surface area contributed by atoms with E-state index in [2.05, 4.69) is 20.5 Å². The van der Waals surface area contributed by atoms with Gasteiger partial charge in [-0.15, -0.1) is 0 Å². The summed E-state index contributed by atoms with van der Waals surface area (Å²) in [5.74, 6) is -0.364. The number of fused-ring (bicyclic) bond motifs is 1. The monoisotopic (exact) mass is 385 g/mol. The number of rotatable bonds is 5. The molecule has 0 spiro atoms. The van der Waals surface area contributed by atoms with E-state index in [9.17, 15) is 21.6 Å². The molecule has 0 aliphatic carbocycles. The van der Waals surface area contributed by atoms with Crippen LogP contribution in [-0.2, 0) is 16.2 Å². The molecule has 4 N–H and O–H groups in total. The lowest BCUT2D eigenvalue weighted by atomic mass is 10.1. The number of alkyl halides is 3. The molecule has 0 atom stereocenters. The Morgan fingerprint density at radius 1 is 1.23 bits per heavy atom. The molecule has 0 saturated heterocycles. The van der Waals surface area contributed by atoms with Gasteiger partial charge in [-0.1, -0.05) is 0 Å². The topological polar surface area (TPSA) is 114 Å². The van der Waals surface area contributed by atoms with Crippen molar-refractivity contribution < 1.29 is 21.6 Å². The van der Waals surface area contributed by atoms with Gasteiger partial charge in [0.15, 0.2) is 0 Å². The van der Waals surface area contributed by atoms with Crippen LogP contribution in [0.5, 0.6) is 0 Å². The molecule has 0 aliphatic heterocycles. The molecule has 0 amide bonds. The van der Waals surface area contributed by atoms with E-state index >= 15 is 0 Å². The number of halogens is 3. The zero-order valence-corrected chi connectivity index (χ0v) is 14.0. The number of aromatic nitrogens is 3. The van der Waals surface area contributed by atoms with Gasteiger partial charge in [-0.2, -0.15) is 18.3 Å². The van der Waals surface area contributed by atoms with Crippen LogP contribution in [0.2, 0.25) is 0 Å². The molecule has 138 valence electrons. The fourth-order valence-corrected chi connectivity index (χ4v) is 2.80. The number of nitrogens with zero attached hydrogens (tertiary/aromatic N) is 2. The molecule has 11 heteroatoms. The first-order valence-electron chi connectivity index (χ1n) is 7.39. The van der Waals surface area contributed by atoms with E-state index < -0.39 is 21.8 Å². The summed E-state index contributed by atoms with van der Waals surface area (Å²) in [6, 6.07) is 4.73. The minimum absolute atomic E-state index is 0.0565. The average molecular weight is 385 g/mol. The summed E-state index contributed by atoms with van der Waals surface area (Å²) in [5.41, 5.74) is 0.943. The molecule has 3 aromatic rings. The van der Waals surface area contributed by atoms with Gasteiger partial charge in [-0.3, -0.25) is 5.10 Å².